The number of nitrogens with one attached hydrogen (secondary N) is 2. The van der Waals surface area contributed by atoms with Crippen LogP contribution in [0.4, 0.5) is 10.5 Å². The normalized spacial score (nSPS) is 18.9. The van der Waals surface area contributed by atoms with Gasteiger partial charge in [0.2, 0.25) is 5.91 Å². The largest absolute Gasteiger partial charge is 0.444 e. The minimum atomic E-state index is -0.857. The fraction of sp³-hybridized carbons (Fsp3) is 0.531. The molecular formula is C32H45N3O4. The third kappa shape index (κ3) is 7.84. The molecular weight excluding hydrogens is 490 g/mol. The zero-order chi connectivity index (χ0) is 28.9. The zero-order valence-corrected chi connectivity index (χ0v) is 24.7. The van der Waals surface area contributed by atoms with Gasteiger partial charge in [0.25, 0.3) is 5.91 Å². The number of anilines is 1. The molecule has 3 rings (SSSR count). The maximum absolute atomic E-state index is 14.4. The van der Waals surface area contributed by atoms with E-state index in [1.54, 1.807) is 25.7 Å². The Morgan fingerprint density at radius 1 is 1.05 bits per heavy atom. The molecule has 212 valence electrons. The molecule has 0 aromatic heterocycles. The summed E-state index contributed by atoms with van der Waals surface area (Å²) in [6.45, 7) is 15.4. The monoisotopic (exact) mass is 535 g/mol. The molecule has 39 heavy (non-hydrogen) atoms. The van der Waals surface area contributed by atoms with Gasteiger partial charge in [-0.25, -0.2) is 4.79 Å². The van der Waals surface area contributed by atoms with Crippen molar-refractivity contribution in [1.82, 2.24) is 10.2 Å². The van der Waals surface area contributed by atoms with Gasteiger partial charge in [0, 0.05) is 11.7 Å². The molecule has 0 radical (unpaired) electrons. The smallest absolute Gasteiger partial charge is 0.408 e. The first-order chi connectivity index (χ1) is 18.4. The number of carbonyl (C=O) groups is 3. The van der Waals surface area contributed by atoms with E-state index in [9.17, 15) is 14.4 Å². The lowest BCUT2D eigenvalue weighted by molar-refractivity contribution is -0.142. The Labute approximate surface area is 233 Å². The molecule has 5 unspecified atom stereocenters. The van der Waals surface area contributed by atoms with Crippen LogP contribution in [0.1, 0.15) is 84.0 Å². The summed E-state index contributed by atoms with van der Waals surface area (Å²) in [5.41, 5.74) is 2.84. The maximum Gasteiger partial charge on any atom is 0.408 e. The van der Waals surface area contributed by atoms with Crippen LogP contribution in [0.3, 0.4) is 0 Å². The molecule has 0 spiro atoms. The van der Waals surface area contributed by atoms with Crippen molar-refractivity contribution in [3.63, 3.8) is 0 Å². The first kappa shape index (κ1) is 30.2. The Bertz CT molecular complexity index is 1150. The van der Waals surface area contributed by atoms with E-state index in [0.29, 0.717) is 12.1 Å². The lowest BCUT2D eigenvalue weighted by atomic mass is 9.95. The first-order valence-electron chi connectivity index (χ1n) is 14.1. The van der Waals surface area contributed by atoms with E-state index in [1.807, 2.05) is 69.3 Å². The highest BCUT2D eigenvalue weighted by molar-refractivity contribution is 5.99. The highest BCUT2D eigenvalue weighted by Crippen LogP contribution is 2.41. The summed E-state index contributed by atoms with van der Waals surface area (Å²) >= 11 is 0. The second kappa shape index (κ2) is 12.7. The quantitative estimate of drug-likeness (QED) is 0.368. The van der Waals surface area contributed by atoms with E-state index < -0.39 is 23.8 Å². The van der Waals surface area contributed by atoms with Gasteiger partial charge in [0.1, 0.15) is 17.7 Å². The molecule has 7 nitrogen and oxygen atoms in total. The summed E-state index contributed by atoms with van der Waals surface area (Å²) in [6, 6.07) is 13.7. The number of amides is 3. The second-order valence-electron chi connectivity index (χ2n) is 11.8. The molecule has 7 heteroatoms. The van der Waals surface area contributed by atoms with Crippen molar-refractivity contribution in [2.75, 3.05) is 5.32 Å². The molecule has 2 N–H and O–H groups in total. The minimum Gasteiger partial charge on any atom is -0.444 e. The first-order valence-corrected chi connectivity index (χ1v) is 14.1. The van der Waals surface area contributed by atoms with Gasteiger partial charge in [0.05, 0.1) is 0 Å². The van der Waals surface area contributed by atoms with Crippen molar-refractivity contribution in [3.8, 4) is 0 Å². The third-order valence-electron chi connectivity index (χ3n) is 7.46. The van der Waals surface area contributed by atoms with Crippen molar-refractivity contribution in [2.24, 2.45) is 11.8 Å². The number of aryl methyl sites for hydroxylation is 2. The van der Waals surface area contributed by atoms with E-state index in [2.05, 4.69) is 24.5 Å². The molecule has 5 atom stereocenters. The summed E-state index contributed by atoms with van der Waals surface area (Å²) in [6.07, 6.45) is 1.70. The lowest BCUT2D eigenvalue weighted by Gasteiger charge is -2.36. The van der Waals surface area contributed by atoms with Crippen molar-refractivity contribution in [3.05, 3.63) is 65.2 Å². The van der Waals surface area contributed by atoms with Crippen molar-refractivity contribution >= 4 is 23.6 Å². The summed E-state index contributed by atoms with van der Waals surface area (Å²) in [5, 5.41) is 5.92. The molecule has 1 saturated carbocycles. The highest BCUT2D eigenvalue weighted by atomic mass is 16.6. The Kier molecular flexibility index (Phi) is 9.81. The third-order valence-corrected chi connectivity index (χ3v) is 7.46. The summed E-state index contributed by atoms with van der Waals surface area (Å²) in [7, 11) is 0. The fourth-order valence-electron chi connectivity index (χ4n) is 4.74. The molecule has 0 saturated heterocycles. The van der Waals surface area contributed by atoms with Crippen LogP contribution in [0.2, 0.25) is 0 Å². The predicted octanol–water partition coefficient (Wildman–Crippen LogP) is 6.41. The number of hydrogen-bond donors (Lipinski definition) is 2. The van der Waals surface area contributed by atoms with Crippen LogP contribution < -0.4 is 10.6 Å². The number of carbonyl (C=O) groups excluding carboxylic acids is 3. The molecule has 1 aliphatic carbocycles. The molecule has 0 heterocycles. The van der Waals surface area contributed by atoms with E-state index in [0.717, 1.165) is 29.5 Å². The van der Waals surface area contributed by atoms with Crippen LogP contribution in [0.5, 0.6) is 0 Å². The summed E-state index contributed by atoms with van der Waals surface area (Å²) in [4.78, 5) is 43.0. The number of hydrogen-bond acceptors (Lipinski definition) is 4. The predicted molar refractivity (Wildman–Crippen MR) is 155 cm³/mol. The number of ether oxygens (including phenoxy) is 1. The van der Waals surface area contributed by atoms with Crippen molar-refractivity contribution in [1.29, 1.82) is 0 Å². The van der Waals surface area contributed by atoms with E-state index in [1.165, 1.54) is 0 Å². The Hall–Kier alpha value is -3.35. The van der Waals surface area contributed by atoms with E-state index in [-0.39, 0.29) is 29.7 Å². The molecule has 2 aromatic carbocycles. The van der Waals surface area contributed by atoms with E-state index >= 15 is 0 Å². The van der Waals surface area contributed by atoms with Gasteiger partial charge in [0.15, 0.2) is 0 Å². The topological polar surface area (TPSA) is 87.7 Å². The van der Waals surface area contributed by atoms with Crippen molar-refractivity contribution < 1.29 is 19.1 Å². The lowest BCUT2D eigenvalue weighted by Crippen LogP contribution is -2.55. The number of benzene rings is 2. The molecule has 1 fully saturated rings. The van der Waals surface area contributed by atoms with Gasteiger partial charge in [-0.05, 0) is 75.1 Å². The van der Waals surface area contributed by atoms with Crippen LogP contribution in [0, 0.1) is 18.8 Å². The number of nitrogens with zero attached hydrogens (tertiary/aromatic N) is 1. The Balaban J connectivity index is 2.05. The van der Waals surface area contributed by atoms with Crippen LogP contribution in [0.25, 0.3) is 0 Å². The van der Waals surface area contributed by atoms with Crippen molar-refractivity contribution in [2.45, 2.75) is 98.4 Å². The number of alkyl carbamates (subject to hydrolysis) is 1. The number of para-hydroxylation sites is 1. The SMILES string of the molecule is CCc1ccc(C(C(=O)Nc2ccccc2C)N(C(=O)C(NC(=O)OC(C)(C)C)C(C)CC)C2CC2C)cc1. The zero-order valence-electron chi connectivity index (χ0n) is 24.7. The second-order valence-corrected chi connectivity index (χ2v) is 11.8. The fourth-order valence-corrected chi connectivity index (χ4v) is 4.74. The van der Waals surface area contributed by atoms with Crippen LogP contribution in [0.15, 0.2) is 48.5 Å². The Morgan fingerprint density at radius 2 is 1.67 bits per heavy atom. The van der Waals surface area contributed by atoms with Gasteiger partial charge in [-0.15, -0.1) is 0 Å². The summed E-state index contributed by atoms with van der Waals surface area (Å²) in [5.74, 6) is -0.462. The van der Waals surface area contributed by atoms with Crippen LogP contribution in [-0.2, 0) is 20.7 Å². The maximum atomic E-state index is 14.4. The van der Waals surface area contributed by atoms with Gasteiger partial charge in [-0.3, -0.25) is 9.59 Å². The standard InChI is InChI=1S/C32H45N3O4/c1-9-20(3)27(34-31(38)39-32(6,7)8)30(37)35(26-19-22(26)5)28(24-17-15-23(10-2)16-18-24)29(36)33-25-14-12-11-13-21(25)4/h11-18,20,22,26-28H,9-10,19H2,1-8H3,(H,33,36)(H,34,38). The molecule has 0 bridgehead atoms. The van der Waals surface area contributed by atoms with E-state index in [4.69, 9.17) is 4.74 Å². The number of rotatable bonds is 10. The molecule has 3 amide bonds. The van der Waals surface area contributed by atoms with Gasteiger partial charge >= 0.3 is 6.09 Å². The molecule has 0 aliphatic heterocycles. The minimum absolute atomic E-state index is 0.108. The molecule has 2 aromatic rings. The summed E-state index contributed by atoms with van der Waals surface area (Å²) < 4.78 is 5.50. The average Bonchev–Trinajstić information content (AvgIpc) is 3.60. The average molecular weight is 536 g/mol. The van der Waals surface area contributed by atoms with Gasteiger partial charge in [-0.2, -0.15) is 0 Å². The highest BCUT2D eigenvalue weighted by Gasteiger charge is 2.49. The van der Waals surface area contributed by atoms with Crippen LogP contribution in [-0.4, -0.2) is 40.5 Å². The Morgan fingerprint density at radius 3 is 2.18 bits per heavy atom. The van der Waals surface area contributed by atoms with Gasteiger partial charge < -0.3 is 20.3 Å². The van der Waals surface area contributed by atoms with Gasteiger partial charge in [-0.1, -0.05) is 76.6 Å². The molecule has 1 aliphatic rings. The van der Waals surface area contributed by atoms with Crippen LogP contribution >= 0.6 is 0 Å².